The van der Waals surface area contributed by atoms with Crippen molar-refractivity contribution in [1.82, 2.24) is 5.32 Å². The summed E-state index contributed by atoms with van der Waals surface area (Å²) in [6.07, 6.45) is 9.50. The molecule has 2 saturated carbocycles. The van der Waals surface area contributed by atoms with E-state index in [0.29, 0.717) is 24.8 Å². The second-order valence-electron chi connectivity index (χ2n) is 12.6. The number of phenolic OH excluding ortho intramolecular Hbond substituents is 1. The van der Waals surface area contributed by atoms with Gasteiger partial charge in [-0.15, -0.1) is 28.6 Å². The molecule has 0 amide bonds. The van der Waals surface area contributed by atoms with Crippen molar-refractivity contribution in [3.8, 4) is 27.3 Å². The first kappa shape index (κ1) is 33.1. The smallest absolute Gasteiger partial charge is 0.189 e. The first-order valence-corrected chi connectivity index (χ1v) is 17.9. The predicted octanol–water partition coefficient (Wildman–Crippen LogP) is 7.18. The molecule has 0 bridgehead atoms. The van der Waals surface area contributed by atoms with Gasteiger partial charge in [0.15, 0.2) is 11.7 Å². The van der Waals surface area contributed by atoms with Crippen LogP contribution >= 0.6 is 22.7 Å². The third-order valence-corrected chi connectivity index (χ3v) is 11.2. The van der Waals surface area contributed by atoms with Gasteiger partial charge in [0.1, 0.15) is 5.75 Å². The van der Waals surface area contributed by atoms with Crippen LogP contribution in [0, 0.1) is 23.7 Å². The number of aliphatic imine (C=N–C) groups is 1. The molecule has 240 valence electrons. The number of hydrogen-bond acceptors (Lipinski definition) is 7. The number of nitrogens with one attached hydrogen (secondary N) is 2. The zero-order valence-corrected chi connectivity index (χ0v) is 28.0. The summed E-state index contributed by atoms with van der Waals surface area (Å²) in [6, 6.07) is 14.0. The van der Waals surface area contributed by atoms with E-state index >= 15 is 0 Å². The van der Waals surface area contributed by atoms with Crippen LogP contribution in [-0.4, -0.2) is 46.7 Å². The highest BCUT2D eigenvalue weighted by Gasteiger charge is 2.32. The second-order valence-corrected chi connectivity index (χ2v) is 14.7. The molecule has 7 nitrogen and oxygen atoms in total. The van der Waals surface area contributed by atoms with Gasteiger partial charge in [-0.3, -0.25) is 9.79 Å². The Hall–Kier alpha value is -3.32. The molecule has 0 unspecified atom stereocenters. The van der Waals surface area contributed by atoms with E-state index in [9.17, 15) is 15.0 Å². The summed E-state index contributed by atoms with van der Waals surface area (Å²) in [5.74, 6) is 7.32. The molecule has 0 aliphatic heterocycles. The fraction of sp³-hybridized carbons (Fsp3) is 0.500. The number of aromatic hydroxyl groups is 1. The maximum atomic E-state index is 13.6. The molecule has 9 heteroatoms. The number of aliphatic hydroxyl groups is 1. The number of ketones is 1. The predicted molar refractivity (Wildman–Crippen MR) is 187 cm³/mol. The van der Waals surface area contributed by atoms with E-state index in [0.717, 1.165) is 69.3 Å². The zero-order chi connectivity index (χ0) is 31.8. The number of nitrogens with zero attached hydrogens (tertiary/aromatic N) is 1. The Labute approximate surface area is 275 Å². The van der Waals surface area contributed by atoms with Crippen molar-refractivity contribution >= 4 is 40.1 Å². The molecule has 2 aliphatic carbocycles. The molecule has 5 rings (SSSR count). The number of hydrogen-bond donors (Lipinski definition) is 5. The number of phenols is 1. The van der Waals surface area contributed by atoms with Gasteiger partial charge in [0.2, 0.25) is 0 Å². The number of carbonyl (C=O) groups is 1. The maximum absolute atomic E-state index is 13.6. The van der Waals surface area contributed by atoms with Crippen molar-refractivity contribution in [2.45, 2.75) is 96.2 Å². The fourth-order valence-corrected chi connectivity index (χ4v) is 8.66. The molecule has 0 radical (unpaired) electrons. The van der Waals surface area contributed by atoms with Crippen LogP contribution in [0.5, 0.6) is 5.75 Å². The van der Waals surface area contributed by atoms with E-state index in [4.69, 9.17) is 10.7 Å². The summed E-state index contributed by atoms with van der Waals surface area (Å²) >= 11 is 3.25. The molecule has 2 aromatic heterocycles. The Morgan fingerprint density at radius 1 is 1.02 bits per heavy atom. The molecule has 2 fully saturated rings. The molecular weight excluding hydrogens is 601 g/mol. The number of anilines is 1. The van der Waals surface area contributed by atoms with Crippen molar-refractivity contribution in [1.29, 1.82) is 0 Å². The lowest BCUT2D eigenvalue weighted by Gasteiger charge is -2.34. The van der Waals surface area contributed by atoms with Gasteiger partial charge in [0, 0.05) is 40.0 Å². The third-order valence-electron chi connectivity index (χ3n) is 8.92. The number of rotatable bonds is 11. The lowest BCUT2D eigenvalue weighted by Crippen LogP contribution is -2.47. The van der Waals surface area contributed by atoms with Crippen LogP contribution in [0.2, 0.25) is 0 Å². The van der Waals surface area contributed by atoms with E-state index in [-0.39, 0.29) is 29.5 Å². The van der Waals surface area contributed by atoms with Gasteiger partial charge in [-0.25, -0.2) is 0 Å². The van der Waals surface area contributed by atoms with E-state index in [1.54, 1.807) is 41.7 Å². The molecular formula is C36H46N4O3S2. The van der Waals surface area contributed by atoms with Crippen LogP contribution < -0.4 is 16.4 Å². The van der Waals surface area contributed by atoms with Gasteiger partial charge in [-0.05, 0) is 107 Å². The number of nitrogens with two attached hydrogens (primary N) is 1. The monoisotopic (exact) mass is 646 g/mol. The first-order valence-electron chi connectivity index (χ1n) is 16.3. The van der Waals surface area contributed by atoms with Crippen LogP contribution in [0.3, 0.4) is 0 Å². The summed E-state index contributed by atoms with van der Waals surface area (Å²) in [5.41, 5.74) is 8.27. The summed E-state index contributed by atoms with van der Waals surface area (Å²) in [4.78, 5) is 22.6. The van der Waals surface area contributed by atoms with Gasteiger partial charge >= 0.3 is 0 Å². The van der Waals surface area contributed by atoms with Gasteiger partial charge in [0.25, 0.3) is 0 Å². The molecule has 2 heterocycles. The van der Waals surface area contributed by atoms with Gasteiger partial charge in [-0.1, -0.05) is 25.2 Å². The summed E-state index contributed by atoms with van der Waals surface area (Å²) in [7, 11) is 0. The van der Waals surface area contributed by atoms with Crippen molar-refractivity contribution in [3.05, 3.63) is 57.8 Å². The summed E-state index contributed by atoms with van der Waals surface area (Å²) in [6.45, 7) is 3.97. The Morgan fingerprint density at radius 3 is 2.49 bits per heavy atom. The Morgan fingerprint density at radius 2 is 1.76 bits per heavy atom. The van der Waals surface area contributed by atoms with Gasteiger partial charge < -0.3 is 26.6 Å². The van der Waals surface area contributed by atoms with E-state index < -0.39 is 6.10 Å². The number of thiophene rings is 2. The fourth-order valence-electron chi connectivity index (χ4n) is 6.63. The average molecular weight is 647 g/mol. The highest BCUT2D eigenvalue weighted by atomic mass is 32.1. The Kier molecular flexibility index (Phi) is 11.6. The van der Waals surface area contributed by atoms with Crippen LogP contribution in [0.15, 0.2) is 47.5 Å². The second kappa shape index (κ2) is 15.8. The molecule has 0 saturated heterocycles. The number of guanidine groups is 1. The van der Waals surface area contributed by atoms with Crippen molar-refractivity contribution in [3.63, 3.8) is 0 Å². The summed E-state index contributed by atoms with van der Waals surface area (Å²) in [5, 5.41) is 27.0. The lowest BCUT2D eigenvalue weighted by molar-refractivity contribution is 0.0867. The van der Waals surface area contributed by atoms with Crippen LogP contribution in [-0.2, 0) is 6.42 Å². The Balaban J connectivity index is 1.26. The minimum Gasteiger partial charge on any atom is -0.508 e. The van der Waals surface area contributed by atoms with Crippen LogP contribution in [0.1, 0.15) is 91.7 Å². The minimum atomic E-state index is -0.496. The molecule has 1 aromatic carbocycles. The quantitative estimate of drug-likeness (QED) is 0.0652. The molecule has 0 spiro atoms. The molecule has 2 atom stereocenters. The average Bonchev–Trinajstić information content (AvgIpc) is 3.70. The van der Waals surface area contributed by atoms with E-state index in [1.165, 1.54) is 19.3 Å². The minimum absolute atomic E-state index is 0.0172. The first-order chi connectivity index (χ1) is 21.8. The lowest BCUT2D eigenvalue weighted by atomic mass is 9.75. The van der Waals surface area contributed by atoms with Crippen molar-refractivity contribution in [2.24, 2.45) is 22.6 Å². The third kappa shape index (κ3) is 9.35. The Bertz CT molecular complexity index is 1520. The van der Waals surface area contributed by atoms with Crippen molar-refractivity contribution in [2.75, 3.05) is 11.9 Å². The largest absolute Gasteiger partial charge is 0.508 e. The van der Waals surface area contributed by atoms with E-state index in [2.05, 4.69) is 34.6 Å². The molecule has 6 N–H and O–H groups in total. The molecule has 2 aliphatic rings. The molecule has 45 heavy (non-hydrogen) atoms. The summed E-state index contributed by atoms with van der Waals surface area (Å²) < 4.78 is 0. The van der Waals surface area contributed by atoms with Gasteiger partial charge in [0.05, 0.1) is 21.9 Å². The highest BCUT2D eigenvalue weighted by Crippen LogP contribution is 2.38. The zero-order valence-electron chi connectivity index (χ0n) is 26.4. The SMILES string of the molecule is CC#Cc1ccc(-c2ccc(C(=O)C3CCC([C@H](Cc4cc(O)cc(NC[C@H](C)O)c4)NC(N)=NC4CCCCC4)CC3)s2)s1. The number of carbonyl (C=O) groups excluding carboxylic acids is 1. The van der Waals surface area contributed by atoms with Crippen LogP contribution in [0.4, 0.5) is 5.69 Å². The maximum Gasteiger partial charge on any atom is 0.189 e. The van der Waals surface area contributed by atoms with Gasteiger partial charge in [-0.2, -0.15) is 0 Å². The highest BCUT2D eigenvalue weighted by molar-refractivity contribution is 7.23. The normalized spacial score (nSPS) is 20.6. The number of aliphatic hydroxyl groups excluding tert-OH is 1. The molecule has 3 aromatic rings. The number of Topliss-reactive ketones (excluding diaryl/α,β-unsaturated/α-hetero) is 1. The van der Waals surface area contributed by atoms with Crippen LogP contribution in [0.25, 0.3) is 9.75 Å². The topological polar surface area (TPSA) is 120 Å². The standard InChI is InChI=1S/C36H46N4O3S2/c1-3-7-30-14-15-32(44-30)33-16-17-34(45-33)35(43)26-12-10-25(11-13-26)31(40-36(37)39-27-8-5-4-6-9-27)20-24-18-28(21-29(42)19-24)38-22-23(2)41/h14-19,21,23,25-27,31,38,41-42H,4-6,8-13,20,22H2,1-2H3,(H3,37,39,40)/t23-,25?,26?,31-/m0/s1. The van der Waals surface area contributed by atoms with E-state index in [1.807, 2.05) is 25.1 Å². The number of benzene rings is 1. The van der Waals surface area contributed by atoms with Crippen molar-refractivity contribution < 1.29 is 15.0 Å².